The molecule has 8 nitrogen and oxygen atoms in total. The molecule has 0 bridgehead atoms. The number of amides is 1. The number of carbonyl (C=O) groups is 1. The molecule has 0 spiro atoms. The molecular formula is C30H28ClN3O5S. The number of carbonyl (C=O) groups excluding carboxylic acids is 1. The Hall–Kier alpha value is -3.63. The summed E-state index contributed by atoms with van der Waals surface area (Å²) in [6.45, 7) is 2.32. The summed E-state index contributed by atoms with van der Waals surface area (Å²) in [5.74, 6) is 0.441. The molecule has 0 saturated carbocycles. The molecule has 0 radical (unpaired) electrons. The lowest BCUT2D eigenvalue weighted by atomic mass is 10.0. The highest BCUT2D eigenvalue weighted by Gasteiger charge is 2.33. The van der Waals surface area contributed by atoms with Crippen molar-refractivity contribution in [3.8, 4) is 5.75 Å². The van der Waals surface area contributed by atoms with Gasteiger partial charge in [0.25, 0.3) is 5.91 Å². The third-order valence-electron chi connectivity index (χ3n) is 7.31. The third-order valence-corrected chi connectivity index (χ3v) is 9.51. The molecular weight excluding hydrogens is 550 g/mol. The molecule has 3 aromatic carbocycles. The van der Waals surface area contributed by atoms with Gasteiger partial charge in [0.2, 0.25) is 10.0 Å². The Labute approximate surface area is 238 Å². The SMILES string of the molecule is CN1C(=O)C(=Cc2cn(CCOc3ccccc3Cl)c3ccccc23)c2cc(S(=O)(=O)N3CCOCC3)ccc21. The molecule has 2 aliphatic rings. The fourth-order valence-electron chi connectivity index (χ4n) is 5.21. The van der Waals surface area contributed by atoms with E-state index >= 15 is 0 Å². The van der Waals surface area contributed by atoms with Crippen molar-refractivity contribution in [2.24, 2.45) is 0 Å². The van der Waals surface area contributed by atoms with Crippen LogP contribution in [-0.2, 0) is 26.1 Å². The van der Waals surface area contributed by atoms with Crippen molar-refractivity contribution in [1.82, 2.24) is 8.87 Å². The number of para-hydroxylation sites is 2. The monoisotopic (exact) mass is 577 g/mol. The minimum absolute atomic E-state index is 0.168. The zero-order valence-electron chi connectivity index (χ0n) is 21.9. The molecule has 10 heteroatoms. The first kappa shape index (κ1) is 26.6. The van der Waals surface area contributed by atoms with Gasteiger partial charge in [0, 0.05) is 53.9 Å². The van der Waals surface area contributed by atoms with Gasteiger partial charge >= 0.3 is 0 Å². The smallest absolute Gasteiger partial charge is 0.258 e. The van der Waals surface area contributed by atoms with E-state index in [0.717, 1.165) is 16.5 Å². The summed E-state index contributed by atoms with van der Waals surface area (Å²) in [7, 11) is -2.01. The lowest BCUT2D eigenvalue weighted by Crippen LogP contribution is -2.40. The Kier molecular flexibility index (Phi) is 7.14. The van der Waals surface area contributed by atoms with Crippen LogP contribution in [0.5, 0.6) is 5.75 Å². The van der Waals surface area contributed by atoms with Crippen LogP contribution in [-0.4, -0.2) is 63.2 Å². The predicted molar refractivity (Wildman–Crippen MR) is 156 cm³/mol. The first-order valence-electron chi connectivity index (χ1n) is 13.0. The van der Waals surface area contributed by atoms with Crippen LogP contribution in [0.15, 0.2) is 77.8 Å². The van der Waals surface area contributed by atoms with Crippen LogP contribution >= 0.6 is 11.6 Å². The fourth-order valence-corrected chi connectivity index (χ4v) is 6.84. The molecule has 1 amide bonds. The molecule has 1 aromatic heterocycles. The topological polar surface area (TPSA) is 81.1 Å². The van der Waals surface area contributed by atoms with E-state index in [-0.39, 0.29) is 10.8 Å². The molecule has 40 heavy (non-hydrogen) atoms. The van der Waals surface area contributed by atoms with E-state index in [1.807, 2.05) is 54.7 Å². The lowest BCUT2D eigenvalue weighted by molar-refractivity contribution is -0.112. The van der Waals surface area contributed by atoms with Crippen LogP contribution in [0.25, 0.3) is 22.6 Å². The number of rotatable bonds is 7. The molecule has 0 aliphatic carbocycles. The molecule has 0 N–H and O–H groups in total. The van der Waals surface area contributed by atoms with Gasteiger partial charge in [-0.3, -0.25) is 4.79 Å². The number of hydrogen-bond donors (Lipinski definition) is 0. The average molecular weight is 578 g/mol. The number of nitrogens with zero attached hydrogens (tertiary/aromatic N) is 3. The summed E-state index contributed by atoms with van der Waals surface area (Å²) in [6.07, 6.45) is 3.84. The van der Waals surface area contributed by atoms with Crippen LogP contribution in [0.2, 0.25) is 5.02 Å². The standard InChI is InChI=1S/C30H28ClN3O5S/c1-32-27-11-10-22(40(36,37)34-13-15-38-16-14-34)19-24(27)25(30(32)35)18-21-20-33(28-8-4-2-6-23(21)28)12-17-39-29-9-5-3-7-26(29)31/h2-11,18-20H,12-17H2,1H3. The first-order valence-corrected chi connectivity index (χ1v) is 14.8. The minimum atomic E-state index is -3.71. The van der Waals surface area contributed by atoms with Gasteiger partial charge in [-0.25, -0.2) is 8.42 Å². The number of hydrogen-bond acceptors (Lipinski definition) is 5. The van der Waals surface area contributed by atoms with Gasteiger partial charge in [-0.05, 0) is 42.5 Å². The van der Waals surface area contributed by atoms with Crippen LogP contribution in [0.4, 0.5) is 5.69 Å². The molecule has 0 unspecified atom stereocenters. The second kappa shape index (κ2) is 10.7. The van der Waals surface area contributed by atoms with Crippen LogP contribution < -0.4 is 9.64 Å². The Morgan fingerprint density at radius 2 is 1.77 bits per heavy atom. The van der Waals surface area contributed by atoms with Crippen LogP contribution in [0.3, 0.4) is 0 Å². The van der Waals surface area contributed by atoms with Crippen molar-refractivity contribution in [3.63, 3.8) is 0 Å². The molecule has 3 heterocycles. The van der Waals surface area contributed by atoms with E-state index in [9.17, 15) is 13.2 Å². The maximum Gasteiger partial charge on any atom is 0.258 e. The number of sulfonamides is 1. The summed E-state index contributed by atoms with van der Waals surface area (Å²) < 4.78 is 41.4. The summed E-state index contributed by atoms with van der Waals surface area (Å²) in [5, 5.41) is 1.54. The number of ether oxygens (including phenoxy) is 2. The number of benzene rings is 3. The quantitative estimate of drug-likeness (QED) is 0.292. The second-order valence-electron chi connectivity index (χ2n) is 9.69. The van der Waals surface area contributed by atoms with E-state index < -0.39 is 10.0 Å². The Morgan fingerprint density at radius 3 is 2.58 bits per heavy atom. The number of fused-ring (bicyclic) bond motifs is 2. The first-order chi connectivity index (χ1) is 19.3. The maximum atomic E-state index is 13.4. The molecule has 1 fully saturated rings. The average Bonchev–Trinajstić information content (AvgIpc) is 3.44. The van der Waals surface area contributed by atoms with E-state index in [0.29, 0.717) is 67.1 Å². The Bertz CT molecular complexity index is 1740. The van der Waals surface area contributed by atoms with Gasteiger partial charge in [0.1, 0.15) is 12.4 Å². The summed E-state index contributed by atoms with van der Waals surface area (Å²) >= 11 is 6.23. The van der Waals surface area contributed by atoms with E-state index in [1.165, 1.54) is 4.31 Å². The van der Waals surface area contributed by atoms with Gasteiger partial charge in [-0.2, -0.15) is 4.31 Å². The van der Waals surface area contributed by atoms with E-state index in [1.54, 1.807) is 36.2 Å². The van der Waals surface area contributed by atoms with Gasteiger partial charge in [0.05, 0.1) is 35.4 Å². The maximum absolute atomic E-state index is 13.4. The van der Waals surface area contributed by atoms with Crippen molar-refractivity contribution >= 4 is 55.8 Å². The van der Waals surface area contributed by atoms with Gasteiger partial charge in [0.15, 0.2) is 0 Å². The van der Waals surface area contributed by atoms with Crippen molar-refractivity contribution in [2.45, 2.75) is 11.4 Å². The number of morpholine rings is 1. The van der Waals surface area contributed by atoms with Crippen LogP contribution in [0.1, 0.15) is 11.1 Å². The zero-order chi connectivity index (χ0) is 27.9. The number of halogens is 1. The van der Waals surface area contributed by atoms with Crippen molar-refractivity contribution in [2.75, 3.05) is 44.9 Å². The van der Waals surface area contributed by atoms with Crippen LogP contribution in [0, 0.1) is 0 Å². The van der Waals surface area contributed by atoms with Crippen molar-refractivity contribution < 1.29 is 22.7 Å². The number of aromatic nitrogens is 1. The van der Waals surface area contributed by atoms with Gasteiger partial charge < -0.3 is 18.9 Å². The fraction of sp³-hybridized carbons (Fsp3) is 0.233. The number of likely N-dealkylation sites (N-methyl/N-ethyl adjacent to an activating group) is 1. The molecule has 0 atom stereocenters. The second-order valence-corrected chi connectivity index (χ2v) is 12.0. The van der Waals surface area contributed by atoms with E-state index in [4.69, 9.17) is 21.1 Å². The number of anilines is 1. The molecule has 206 valence electrons. The predicted octanol–water partition coefficient (Wildman–Crippen LogP) is 4.91. The summed E-state index contributed by atoms with van der Waals surface area (Å²) in [6, 6.07) is 20.2. The largest absolute Gasteiger partial charge is 0.490 e. The molecule has 2 aliphatic heterocycles. The Morgan fingerprint density at radius 1 is 1.02 bits per heavy atom. The Balaban J connectivity index is 1.35. The molecule has 4 aromatic rings. The molecule has 6 rings (SSSR count). The van der Waals surface area contributed by atoms with Crippen molar-refractivity contribution in [1.29, 1.82) is 0 Å². The van der Waals surface area contributed by atoms with Crippen molar-refractivity contribution in [3.05, 3.63) is 89.1 Å². The zero-order valence-corrected chi connectivity index (χ0v) is 23.5. The normalized spacial score (nSPS) is 17.1. The molecule has 1 saturated heterocycles. The highest BCUT2D eigenvalue weighted by molar-refractivity contribution is 7.89. The summed E-state index contributed by atoms with van der Waals surface area (Å²) in [5.41, 5.74) is 3.58. The highest BCUT2D eigenvalue weighted by Crippen LogP contribution is 2.39. The minimum Gasteiger partial charge on any atom is -0.490 e. The summed E-state index contributed by atoms with van der Waals surface area (Å²) in [4.78, 5) is 15.1. The lowest BCUT2D eigenvalue weighted by Gasteiger charge is -2.26. The highest BCUT2D eigenvalue weighted by atomic mass is 35.5. The van der Waals surface area contributed by atoms with E-state index in [2.05, 4.69) is 4.57 Å². The van der Waals surface area contributed by atoms with Gasteiger partial charge in [-0.1, -0.05) is 41.9 Å². The van der Waals surface area contributed by atoms with Gasteiger partial charge in [-0.15, -0.1) is 0 Å². The third kappa shape index (κ3) is 4.79.